The van der Waals surface area contributed by atoms with Crippen molar-refractivity contribution in [2.24, 2.45) is 0 Å². The Morgan fingerprint density at radius 3 is 2.16 bits per heavy atom. The summed E-state index contributed by atoms with van der Waals surface area (Å²) < 4.78 is 15.8. The van der Waals surface area contributed by atoms with Crippen LogP contribution >= 0.6 is 0 Å². The first kappa shape index (κ1) is 31.5. The number of hydrogen-bond acceptors (Lipinski definition) is 4. The van der Waals surface area contributed by atoms with E-state index in [9.17, 15) is 0 Å². The number of rotatable bonds is 3. The Balaban J connectivity index is 0.00000348. The molecule has 2 aliphatic heterocycles. The molecule has 0 atom stereocenters. The van der Waals surface area contributed by atoms with E-state index in [1.807, 2.05) is 42.7 Å². The maximum absolute atomic E-state index is 6.86. The molecule has 0 amide bonds. The van der Waals surface area contributed by atoms with Gasteiger partial charge in [0.05, 0.1) is 0 Å². The van der Waals surface area contributed by atoms with E-state index in [1.165, 1.54) is 0 Å². The molecular formula is C44H30BN3O2Pt. The fraction of sp³-hybridized carbons (Fsp3) is 0.0909. The van der Waals surface area contributed by atoms with Gasteiger partial charge < -0.3 is 19.0 Å². The van der Waals surface area contributed by atoms with Gasteiger partial charge in [-0.05, 0) is 69.6 Å². The summed E-state index contributed by atoms with van der Waals surface area (Å²) in [5.41, 5.74) is 9.94. The Morgan fingerprint density at radius 2 is 1.37 bits per heavy atom. The first-order chi connectivity index (χ1) is 24.4. The molecule has 3 aromatic heterocycles. The van der Waals surface area contributed by atoms with Crippen LogP contribution in [0.1, 0.15) is 26.3 Å². The molecule has 0 spiro atoms. The Hall–Kier alpha value is -5.45. The molecule has 246 valence electrons. The van der Waals surface area contributed by atoms with Crippen LogP contribution in [-0.4, -0.2) is 21.2 Å². The minimum absolute atomic E-state index is 0. The Morgan fingerprint density at radius 1 is 0.627 bits per heavy atom. The Bertz CT molecular complexity index is 2650. The second-order valence-electron chi connectivity index (χ2n) is 14.1. The molecule has 0 radical (unpaired) electrons. The summed E-state index contributed by atoms with van der Waals surface area (Å²) in [6, 6.07) is 47.3. The molecule has 7 heteroatoms. The van der Waals surface area contributed by atoms with Crippen LogP contribution in [0.5, 0.6) is 23.0 Å². The molecule has 5 aromatic carbocycles. The quantitative estimate of drug-likeness (QED) is 0.132. The molecule has 0 saturated carbocycles. The maximum atomic E-state index is 6.86. The third kappa shape index (κ3) is 5.04. The Labute approximate surface area is 311 Å². The van der Waals surface area contributed by atoms with Gasteiger partial charge in [-0.2, -0.15) is 6.07 Å². The van der Waals surface area contributed by atoms with Crippen molar-refractivity contribution in [3.63, 3.8) is 0 Å². The van der Waals surface area contributed by atoms with Gasteiger partial charge in [-0.25, -0.2) is 4.98 Å². The average molecular weight is 839 g/mol. The average Bonchev–Trinajstić information content (AvgIpc) is 3.47. The van der Waals surface area contributed by atoms with E-state index in [1.54, 1.807) is 0 Å². The minimum Gasteiger partial charge on any atom is -0.518 e. The minimum atomic E-state index is -0.224. The van der Waals surface area contributed by atoms with Crippen LogP contribution in [-0.2, 0) is 26.5 Å². The van der Waals surface area contributed by atoms with E-state index in [2.05, 4.69) is 122 Å². The van der Waals surface area contributed by atoms with Crippen molar-refractivity contribution in [3.05, 3.63) is 145 Å². The summed E-state index contributed by atoms with van der Waals surface area (Å²) in [7, 11) is 0. The number of fused-ring (bicyclic) bond motifs is 7. The fourth-order valence-corrected chi connectivity index (χ4v) is 7.45. The monoisotopic (exact) mass is 838 g/mol. The molecule has 5 heterocycles. The van der Waals surface area contributed by atoms with Gasteiger partial charge in [0, 0.05) is 34.9 Å². The summed E-state index contributed by atoms with van der Waals surface area (Å²) >= 11 is 0. The van der Waals surface area contributed by atoms with Crippen LogP contribution in [0.2, 0.25) is 0 Å². The van der Waals surface area contributed by atoms with Gasteiger partial charge in [-0.15, -0.1) is 40.8 Å². The molecule has 0 aliphatic carbocycles. The maximum Gasteiger partial charge on any atom is 2.00 e. The molecule has 5 nitrogen and oxygen atoms in total. The number of pyridine rings is 2. The number of aromatic nitrogens is 3. The van der Waals surface area contributed by atoms with E-state index in [0.717, 1.165) is 95.0 Å². The van der Waals surface area contributed by atoms with Gasteiger partial charge in [-0.3, -0.25) is 0 Å². The van der Waals surface area contributed by atoms with Crippen LogP contribution < -0.4 is 25.9 Å². The van der Waals surface area contributed by atoms with Crippen LogP contribution in [0.4, 0.5) is 0 Å². The van der Waals surface area contributed by atoms with Gasteiger partial charge in [0.2, 0.25) is 6.71 Å². The van der Waals surface area contributed by atoms with Crippen LogP contribution in [0, 0.1) is 12.1 Å². The molecule has 0 saturated heterocycles. The third-order valence-electron chi connectivity index (χ3n) is 9.94. The summed E-state index contributed by atoms with van der Waals surface area (Å²) in [5.74, 6) is 4.01. The zero-order chi connectivity index (χ0) is 33.6. The SMILES string of the molecule is CC(C)(C)c1cc2c3c(c1)Oc1cc4c5ccccc5n(-c5ccccn5)c4[c-]c1B3c1[c-]c(-c3cc(-c4ccccc4)ccn3)ccc1O2.[Pt+2]. The van der Waals surface area contributed by atoms with E-state index in [4.69, 9.17) is 19.4 Å². The fourth-order valence-electron chi connectivity index (χ4n) is 7.45. The zero-order valence-electron chi connectivity index (χ0n) is 28.2. The molecular weight excluding hydrogens is 808 g/mol. The molecule has 0 bridgehead atoms. The normalized spacial score (nSPS) is 12.7. The first-order valence-corrected chi connectivity index (χ1v) is 16.9. The number of para-hydroxylation sites is 1. The van der Waals surface area contributed by atoms with E-state index < -0.39 is 0 Å². The largest absolute Gasteiger partial charge is 2.00 e. The molecule has 8 aromatic rings. The summed E-state index contributed by atoms with van der Waals surface area (Å²) in [4.78, 5) is 9.54. The molecule has 2 aliphatic rings. The predicted octanol–water partition coefficient (Wildman–Crippen LogP) is 8.53. The molecule has 0 fully saturated rings. The molecule has 0 unspecified atom stereocenters. The molecule has 10 rings (SSSR count). The second-order valence-corrected chi connectivity index (χ2v) is 14.1. The summed E-state index contributed by atoms with van der Waals surface area (Å²) in [5, 5.41) is 2.18. The number of hydrogen-bond donors (Lipinski definition) is 0. The third-order valence-corrected chi connectivity index (χ3v) is 9.94. The van der Waals surface area contributed by atoms with Crippen LogP contribution in [0.15, 0.2) is 128 Å². The van der Waals surface area contributed by atoms with Crippen molar-refractivity contribution in [2.75, 3.05) is 0 Å². The van der Waals surface area contributed by atoms with E-state index in [0.29, 0.717) is 0 Å². The summed E-state index contributed by atoms with van der Waals surface area (Å²) in [6.45, 7) is 6.42. The smallest absolute Gasteiger partial charge is 0.518 e. The van der Waals surface area contributed by atoms with E-state index >= 15 is 0 Å². The van der Waals surface area contributed by atoms with Crippen molar-refractivity contribution < 1.29 is 30.5 Å². The topological polar surface area (TPSA) is 49.2 Å². The van der Waals surface area contributed by atoms with Crippen molar-refractivity contribution in [3.8, 4) is 51.2 Å². The van der Waals surface area contributed by atoms with Gasteiger partial charge >= 0.3 is 21.1 Å². The standard InChI is InChI=1S/C44H30BN3O2.Pt/c1-44(2,3)30-23-40-43-41(24-30)50-39-25-32-31-13-7-8-14-36(31)48(42-15-9-10-19-47-42)37(32)26-34(39)45(43)33-21-29(16-17-38(33)49-40)35-22-28(18-20-46-35)27-11-5-4-6-12-27;/h4-20,22-25H,1-3H3;/q-2;+2. The van der Waals surface area contributed by atoms with Crippen molar-refractivity contribution in [1.82, 2.24) is 14.5 Å². The number of ether oxygens (including phenoxy) is 2. The predicted molar refractivity (Wildman–Crippen MR) is 201 cm³/mol. The summed E-state index contributed by atoms with van der Waals surface area (Å²) in [6.07, 6.45) is 3.70. The molecule has 0 N–H and O–H groups in total. The van der Waals surface area contributed by atoms with Gasteiger partial charge in [0.25, 0.3) is 0 Å². The van der Waals surface area contributed by atoms with Crippen molar-refractivity contribution in [1.29, 1.82) is 0 Å². The van der Waals surface area contributed by atoms with Gasteiger partial charge in [0.1, 0.15) is 17.3 Å². The van der Waals surface area contributed by atoms with Crippen LogP contribution in [0.25, 0.3) is 50.0 Å². The zero-order valence-corrected chi connectivity index (χ0v) is 30.4. The number of nitrogens with zero attached hydrogens (tertiary/aromatic N) is 3. The number of benzene rings is 5. The molecule has 51 heavy (non-hydrogen) atoms. The van der Waals surface area contributed by atoms with Crippen molar-refractivity contribution in [2.45, 2.75) is 26.2 Å². The second kappa shape index (κ2) is 11.8. The van der Waals surface area contributed by atoms with Gasteiger partial charge in [0.15, 0.2) is 0 Å². The van der Waals surface area contributed by atoms with Crippen LogP contribution in [0.3, 0.4) is 0 Å². The van der Waals surface area contributed by atoms with Crippen molar-refractivity contribution >= 4 is 44.9 Å². The van der Waals surface area contributed by atoms with Gasteiger partial charge in [-0.1, -0.05) is 92.3 Å². The Kier molecular flexibility index (Phi) is 7.31. The van der Waals surface area contributed by atoms with E-state index in [-0.39, 0.29) is 33.2 Å². The first-order valence-electron chi connectivity index (χ1n) is 16.9.